The van der Waals surface area contributed by atoms with E-state index in [-0.39, 0.29) is 0 Å². The van der Waals surface area contributed by atoms with Gasteiger partial charge in [0.05, 0.1) is 11.3 Å². The maximum atomic E-state index is 9.03. The van der Waals surface area contributed by atoms with Crippen molar-refractivity contribution >= 4 is 5.69 Å². The summed E-state index contributed by atoms with van der Waals surface area (Å²) >= 11 is 0. The highest BCUT2D eigenvalue weighted by Gasteiger charge is 2.01. The van der Waals surface area contributed by atoms with E-state index in [9.17, 15) is 0 Å². The fourth-order valence-electron chi connectivity index (χ4n) is 1.81. The van der Waals surface area contributed by atoms with Crippen LogP contribution in [0, 0.1) is 24.2 Å². The summed E-state index contributed by atoms with van der Waals surface area (Å²) in [5.74, 6) is 0.782. The van der Waals surface area contributed by atoms with Crippen molar-refractivity contribution in [3.8, 4) is 6.07 Å². The zero-order chi connectivity index (χ0) is 12.7. The fraction of sp³-hybridized carbons (Fsp3) is 0.533. The van der Waals surface area contributed by atoms with Crippen molar-refractivity contribution in [2.45, 2.75) is 40.0 Å². The van der Waals surface area contributed by atoms with Gasteiger partial charge in [-0.3, -0.25) is 0 Å². The molecule has 92 valence electrons. The van der Waals surface area contributed by atoms with Gasteiger partial charge >= 0.3 is 0 Å². The van der Waals surface area contributed by atoms with Gasteiger partial charge in [-0.05, 0) is 37.0 Å². The number of aryl methyl sites for hydroxylation is 1. The van der Waals surface area contributed by atoms with Gasteiger partial charge in [-0.25, -0.2) is 0 Å². The predicted octanol–water partition coefficient (Wildman–Crippen LogP) is 4.10. The molecule has 17 heavy (non-hydrogen) atoms. The SMILES string of the molecule is Cc1ccc(NCCCCC(C)C)c(C#N)c1. The van der Waals surface area contributed by atoms with Gasteiger partial charge in [-0.15, -0.1) is 0 Å². The largest absolute Gasteiger partial charge is 0.384 e. The summed E-state index contributed by atoms with van der Waals surface area (Å²) in [5, 5.41) is 12.4. The molecular weight excluding hydrogens is 208 g/mol. The first-order valence-corrected chi connectivity index (χ1v) is 6.38. The van der Waals surface area contributed by atoms with E-state index in [4.69, 9.17) is 5.26 Å². The van der Waals surface area contributed by atoms with E-state index in [1.807, 2.05) is 25.1 Å². The Morgan fingerprint density at radius 2 is 2.06 bits per heavy atom. The van der Waals surface area contributed by atoms with Crippen LogP contribution in [0.25, 0.3) is 0 Å². The molecule has 0 saturated heterocycles. The summed E-state index contributed by atoms with van der Waals surface area (Å²) in [6, 6.07) is 8.20. The van der Waals surface area contributed by atoms with Crippen molar-refractivity contribution in [3.63, 3.8) is 0 Å². The highest BCUT2D eigenvalue weighted by atomic mass is 14.9. The molecule has 1 rings (SSSR count). The lowest BCUT2D eigenvalue weighted by molar-refractivity contribution is 0.545. The van der Waals surface area contributed by atoms with Crippen LogP contribution >= 0.6 is 0 Å². The van der Waals surface area contributed by atoms with Gasteiger partial charge in [-0.1, -0.05) is 32.8 Å². The Labute approximate surface area is 105 Å². The Balaban J connectivity index is 2.39. The average molecular weight is 230 g/mol. The number of benzene rings is 1. The summed E-state index contributed by atoms with van der Waals surface area (Å²) in [7, 11) is 0. The van der Waals surface area contributed by atoms with E-state index in [0.29, 0.717) is 0 Å². The van der Waals surface area contributed by atoms with Crippen LogP contribution in [0.2, 0.25) is 0 Å². The maximum Gasteiger partial charge on any atom is 0.101 e. The van der Waals surface area contributed by atoms with Crippen LogP contribution in [-0.2, 0) is 0 Å². The van der Waals surface area contributed by atoms with Crippen LogP contribution in [0.3, 0.4) is 0 Å². The average Bonchev–Trinajstić information content (AvgIpc) is 2.29. The summed E-state index contributed by atoms with van der Waals surface area (Å²) in [5.41, 5.74) is 2.84. The van der Waals surface area contributed by atoms with Crippen LogP contribution in [0.5, 0.6) is 0 Å². The Hall–Kier alpha value is -1.49. The van der Waals surface area contributed by atoms with Crippen molar-refractivity contribution in [2.24, 2.45) is 5.92 Å². The molecule has 0 fully saturated rings. The molecular formula is C15H22N2. The molecule has 0 bridgehead atoms. The summed E-state index contributed by atoms with van der Waals surface area (Å²) in [6.45, 7) is 7.46. The van der Waals surface area contributed by atoms with E-state index in [1.165, 1.54) is 12.8 Å². The lowest BCUT2D eigenvalue weighted by atomic mass is 10.1. The molecule has 0 unspecified atom stereocenters. The second-order valence-corrected chi connectivity index (χ2v) is 4.98. The van der Waals surface area contributed by atoms with Crippen molar-refractivity contribution in [1.29, 1.82) is 5.26 Å². The molecule has 0 aliphatic rings. The van der Waals surface area contributed by atoms with Gasteiger partial charge in [0, 0.05) is 6.54 Å². The van der Waals surface area contributed by atoms with Crippen molar-refractivity contribution in [3.05, 3.63) is 29.3 Å². The second-order valence-electron chi connectivity index (χ2n) is 4.98. The van der Waals surface area contributed by atoms with Crippen LogP contribution < -0.4 is 5.32 Å². The first-order chi connectivity index (χ1) is 8.13. The Bertz CT molecular complexity index is 388. The minimum Gasteiger partial charge on any atom is -0.384 e. The molecule has 0 saturated carbocycles. The first-order valence-electron chi connectivity index (χ1n) is 6.38. The Kier molecular flexibility index (Phi) is 5.56. The minimum atomic E-state index is 0.744. The third kappa shape index (κ3) is 4.91. The molecule has 0 heterocycles. The number of hydrogen-bond acceptors (Lipinski definition) is 2. The zero-order valence-electron chi connectivity index (χ0n) is 11.1. The van der Waals surface area contributed by atoms with Crippen LogP contribution in [0.4, 0.5) is 5.69 Å². The highest BCUT2D eigenvalue weighted by molar-refractivity contribution is 5.58. The third-order valence-corrected chi connectivity index (χ3v) is 2.82. The van der Waals surface area contributed by atoms with Crippen LogP contribution in [0.15, 0.2) is 18.2 Å². The van der Waals surface area contributed by atoms with Crippen molar-refractivity contribution < 1.29 is 0 Å². The third-order valence-electron chi connectivity index (χ3n) is 2.82. The quantitative estimate of drug-likeness (QED) is 0.747. The van der Waals surface area contributed by atoms with Crippen molar-refractivity contribution in [1.82, 2.24) is 0 Å². The van der Waals surface area contributed by atoms with Gasteiger partial charge in [0.1, 0.15) is 6.07 Å². The molecule has 0 radical (unpaired) electrons. The van der Waals surface area contributed by atoms with Crippen LogP contribution in [-0.4, -0.2) is 6.54 Å². The van der Waals surface area contributed by atoms with Gasteiger partial charge in [0.25, 0.3) is 0 Å². The highest BCUT2D eigenvalue weighted by Crippen LogP contribution is 2.16. The van der Waals surface area contributed by atoms with E-state index in [2.05, 4.69) is 25.2 Å². The smallest absolute Gasteiger partial charge is 0.101 e. The standard InChI is InChI=1S/C15H22N2/c1-12(2)6-4-5-9-17-15-8-7-13(3)10-14(15)11-16/h7-8,10,12,17H,4-6,9H2,1-3H3. The molecule has 0 atom stereocenters. The van der Waals surface area contributed by atoms with Gasteiger partial charge in [-0.2, -0.15) is 5.26 Å². The number of hydrogen-bond donors (Lipinski definition) is 1. The number of anilines is 1. The summed E-state index contributed by atoms with van der Waals surface area (Å²) in [4.78, 5) is 0. The fourth-order valence-corrected chi connectivity index (χ4v) is 1.81. The molecule has 0 spiro atoms. The molecule has 1 N–H and O–H groups in total. The first kappa shape index (κ1) is 13.6. The molecule has 1 aromatic carbocycles. The minimum absolute atomic E-state index is 0.744. The van der Waals surface area contributed by atoms with E-state index < -0.39 is 0 Å². The second kappa shape index (κ2) is 6.96. The lowest BCUT2D eigenvalue weighted by Gasteiger charge is -2.09. The van der Waals surface area contributed by atoms with E-state index in [0.717, 1.165) is 35.7 Å². The molecule has 0 aliphatic heterocycles. The molecule has 2 heteroatoms. The normalized spacial score (nSPS) is 10.3. The number of nitrogens with one attached hydrogen (secondary N) is 1. The van der Waals surface area contributed by atoms with Crippen molar-refractivity contribution in [2.75, 3.05) is 11.9 Å². The number of nitriles is 1. The van der Waals surface area contributed by atoms with E-state index >= 15 is 0 Å². The molecule has 0 amide bonds. The van der Waals surface area contributed by atoms with Gasteiger partial charge < -0.3 is 5.32 Å². The van der Waals surface area contributed by atoms with Gasteiger partial charge in [0.2, 0.25) is 0 Å². The lowest BCUT2D eigenvalue weighted by Crippen LogP contribution is -2.03. The number of unbranched alkanes of at least 4 members (excludes halogenated alkanes) is 1. The molecule has 0 aromatic heterocycles. The Morgan fingerprint density at radius 3 is 2.71 bits per heavy atom. The molecule has 0 aliphatic carbocycles. The number of nitrogens with zero attached hydrogens (tertiary/aromatic N) is 1. The molecule has 1 aromatic rings. The summed E-state index contributed by atoms with van der Waals surface area (Å²) in [6.07, 6.45) is 3.69. The van der Waals surface area contributed by atoms with E-state index in [1.54, 1.807) is 0 Å². The topological polar surface area (TPSA) is 35.8 Å². The van der Waals surface area contributed by atoms with Gasteiger partial charge in [0.15, 0.2) is 0 Å². The monoisotopic (exact) mass is 230 g/mol. The Morgan fingerprint density at radius 1 is 1.29 bits per heavy atom. The predicted molar refractivity (Wildman–Crippen MR) is 73.1 cm³/mol. The summed E-state index contributed by atoms with van der Waals surface area (Å²) < 4.78 is 0. The zero-order valence-corrected chi connectivity index (χ0v) is 11.1. The maximum absolute atomic E-state index is 9.03. The number of rotatable bonds is 6. The molecule has 2 nitrogen and oxygen atoms in total. The van der Waals surface area contributed by atoms with Crippen LogP contribution in [0.1, 0.15) is 44.2 Å².